The Labute approximate surface area is 116 Å². The van der Waals surface area contributed by atoms with E-state index in [-0.39, 0.29) is 6.04 Å². The van der Waals surface area contributed by atoms with E-state index in [0.29, 0.717) is 19.2 Å². The smallest absolute Gasteiger partial charge is 0.0828 e. The van der Waals surface area contributed by atoms with E-state index in [9.17, 15) is 0 Å². The fraction of sp³-hybridized carbons (Fsp3) is 0.786. The van der Waals surface area contributed by atoms with Crippen LogP contribution in [0.2, 0.25) is 0 Å². The van der Waals surface area contributed by atoms with Crippen LogP contribution >= 0.6 is 0 Å². The molecule has 0 bridgehead atoms. The molecule has 19 heavy (non-hydrogen) atoms. The molecule has 0 fully saturated rings. The van der Waals surface area contributed by atoms with Crippen molar-refractivity contribution in [2.75, 3.05) is 25.6 Å². The predicted octanol–water partition coefficient (Wildman–Crippen LogP) is 2.25. The van der Waals surface area contributed by atoms with Gasteiger partial charge >= 0.3 is 0 Å². The summed E-state index contributed by atoms with van der Waals surface area (Å²) in [7, 11) is 1.73. The first kappa shape index (κ1) is 16.0. The van der Waals surface area contributed by atoms with Crippen molar-refractivity contribution < 1.29 is 4.74 Å². The van der Waals surface area contributed by atoms with Gasteiger partial charge in [0.05, 0.1) is 23.7 Å². The maximum absolute atomic E-state index is 5.58. The monoisotopic (exact) mass is 268 g/mol. The third-order valence-electron chi connectivity index (χ3n) is 3.29. The fourth-order valence-corrected chi connectivity index (χ4v) is 2.34. The van der Waals surface area contributed by atoms with Crippen LogP contribution in [0.25, 0.3) is 0 Å². The van der Waals surface area contributed by atoms with Crippen LogP contribution in [0.15, 0.2) is 0 Å². The number of hydrogen-bond acceptors (Lipinski definition) is 4. The predicted molar refractivity (Wildman–Crippen MR) is 79.7 cm³/mol. The molecule has 0 aliphatic carbocycles. The van der Waals surface area contributed by atoms with Gasteiger partial charge in [0.15, 0.2) is 0 Å². The highest BCUT2D eigenvalue weighted by Crippen LogP contribution is 2.23. The Hall–Kier alpha value is -1.07. The van der Waals surface area contributed by atoms with E-state index < -0.39 is 0 Å². The molecule has 1 aromatic heterocycles. The molecule has 0 amide bonds. The Morgan fingerprint density at radius 2 is 2.05 bits per heavy atom. The van der Waals surface area contributed by atoms with Crippen molar-refractivity contribution in [3.05, 3.63) is 11.4 Å². The number of anilines is 1. The zero-order valence-corrected chi connectivity index (χ0v) is 12.9. The zero-order chi connectivity index (χ0) is 14.4. The Balaban J connectivity index is 2.83. The lowest BCUT2D eigenvalue weighted by Gasteiger charge is -2.19. The Morgan fingerprint density at radius 3 is 2.53 bits per heavy atom. The number of hydrogen-bond donors (Lipinski definition) is 2. The molecular weight excluding hydrogens is 240 g/mol. The van der Waals surface area contributed by atoms with E-state index in [0.717, 1.165) is 24.2 Å². The molecule has 1 heterocycles. The number of ether oxygens (including phenoxy) is 1. The third-order valence-corrected chi connectivity index (χ3v) is 3.29. The highest BCUT2D eigenvalue weighted by atomic mass is 16.5. The Morgan fingerprint density at radius 1 is 1.37 bits per heavy atom. The van der Waals surface area contributed by atoms with Crippen molar-refractivity contribution in [2.24, 2.45) is 5.73 Å². The van der Waals surface area contributed by atoms with Gasteiger partial charge in [0.25, 0.3) is 0 Å². The van der Waals surface area contributed by atoms with E-state index in [1.54, 1.807) is 7.11 Å². The van der Waals surface area contributed by atoms with Crippen LogP contribution in [0.1, 0.15) is 44.1 Å². The Kier molecular flexibility index (Phi) is 6.31. The molecule has 5 heteroatoms. The van der Waals surface area contributed by atoms with Crippen molar-refractivity contribution in [3.63, 3.8) is 0 Å². The van der Waals surface area contributed by atoms with Gasteiger partial charge in [-0.2, -0.15) is 5.10 Å². The molecule has 0 aliphatic rings. The van der Waals surface area contributed by atoms with E-state index in [1.807, 2.05) is 6.92 Å². The fourth-order valence-electron chi connectivity index (χ4n) is 2.34. The maximum Gasteiger partial charge on any atom is 0.0828 e. The summed E-state index contributed by atoms with van der Waals surface area (Å²) >= 11 is 0. The first-order chi connectivity index (χ1) is 9.01. The van der Waals surface area contributed by atoms with Crippen molar-refractivity contribution >= 4 is 5.69 Å². The van der Waals surface area contributed by atoms with Crippen molar-refractivity contribution in [1.82, 2.24) is 9.78 Å². The molecule has 0 radical (unpaired) electrons. The van der Waals surface area contributed by atoms with Crippen LogP contribution in [0.5, 0.6) is 0 Å². The summed E-state index contributed by atoms with van der Waals surface area (Å²) in [5.41, 5.74) is 8.94. The van der Waals surface area contributed by atoms with Gasteiger partial charge in [-0.05, 0) is 47.1 Å². The highest BCUT2D eigenvalue weighted by Gasteiger charge is 2.16. The summed E-state index contributed by atoms with van der Waals surface area (Å²) in [6.07, 6.45) is 2.01. The third kappa shape index (κ3) is 4.21. The molecule has 0 aromatic carbocycles. The van der Waals surface area contributed by atoms with Gasteiger partial charge in [-0.25, -0.2) is 0 Å². The largest absolute Gasteiger partial charge is 0.383 e. The number of methoxy groups -OCH3 is 1. The molecule has 1 atom stereocenters. The molecule has 1 rings (SSSR count). The lowest BCUT2D eigenvalue weighted by atomic mass is 10.1. The van der Waals surface area contributed by atoms with E-state index in [1.165, 1.54) is 5.69 Å². The second-order valence-corrected chi connectivity index (χ2v) is 5.31. The summed E-state index contributed by atoms with van der Waals surface area (Å²) < 4.78 is 7.34. The molecule has 5 nitrogen and oxygen atoms in total. The second kappa shape index (κ2) is 7.50. The number of rotatable bonds is 8. The van der Waals surface area contributed by atoms with E-state index in [2.05, 4.69) is 35.9 Å². The number of nitrogens with one attached hydrogen (secondary N) is 1. The van der Waals surface area contributed by atoms with Crippen LogP contribution in [0, 0.1) is 13.8 Å². The summed E-state index contributed by atoms with van der Waals surface area (Å²) in [6.45, 7) is 9.83. The average molecular weight is 268 g/mol. The molecule has 1 aromatic rings. The first-order valence-electron chi connectivity index (χ1n) is 7.02. The summed E-state index contributed by atoms with van der Waals surface area (Å²) in [5, 5.41) is 8.15. The summed E-state index contributed by atoms with van der Waals surface area (Å²) in [5.74, 6) is 0. The number of nitrogens with two attached hydrogens (primary N) is 1. The maximum atomic E-state index is 5.58. The normalized spacial score (nSPS) is 13.0. The topological polar surface area (TPSA) is 65.1 Å². The first-order valence-corrected chi connectivity index (χ1v) is 7.02. The minimum absolute atomic E-state index is 0.288. The molecule has 0 saturated carbocycles. The van der Waals surface area contributed by atoms with Gasteiger partial charge < -0.3 is 15.8 Å². The van der Waals surface area contributed by atoms with Crippen molar-refractivity contribution in [1.29, 1.82) is 0 Å². The van der Waals surface area contributed by atoms with Gasteiger partial charge in [0, 0.05) is 19.2 Å². The van der Waals surface area contributed by atoms with Crippen LogP contribution in [0.3, 0.4) is 0 Å². The summed E-state index contributed by atoms with van der Waals surface area (Å²) in [6, 6.07) is 0.662. The minimum atomic E-state index is 0.288. The standard InChI is InChI=1S/C14H28N4O/c1-10(2)18-12(4)14(11(3)17-18)16-13(9-19-5)7-6-8-15/h10,13,16H,6-9,15H2,1-5H3. The van der Waals surface area contributed by atoms with Gasteiger partial charge in [-0.15, -0.1) is 0 Å². The highest BCUT2D eigenvalue weighted by molar-refractivity contribution is 5.53. The van der Waals surface area contributed by atoms with Crippen LogP contribution in [0.4, 0.5) is 5.69 Å². The SMILES string of the molecule is COCC(CCCN)Nc1c(C)nn(C(C)C)c1C. The zero-order valence-electron chi connectivity index (χ0n) is 12.9. The van der Waals surface area contributed by atoms with Crippen molar-refractivity contribution in [2.45, 2.75) is 52.6 Å². The van der Waals surface area contributed by atoms with Gasteiger partial charge in [0.1, 0.15) is 0 Å². The molecule has 110 valence electrons. The lowest BCUT2D eigenvalue weighted by Crippen LogP contribution is -2.26. The summed E-state index contributed by atoms with van der Waals surface area (Å²) in [4.78, 5) is 0. The molecule has 0 aliphatic heterocycles. The number of aryl methyl sites for hydroxylation is 1. The van der Waals surface area contributed by atoms with E-state index in [4.69, 9.17) is 10.5 Å². The lowest BCUT2D eigenvalue weighted by molar-refractivity contribution is 0.182. The second-order valence-electron chi connectivity index (χ2n) is 5.31. The number of aromatic nitrogens is 2. The minimum Gasteiger partial charge on any atom is -0.383 e. The van der Waals surface area contributed by atoms with E-state index >= 15 is 0 Å². The van der Waals surface area contributed by atoms with Gasteiger partial charge in [-0.1, -0.05) is 0 Å². The Bertz CT molecular complexity index is 387. The molecule has 0 spiro atoms. The van der Waals surface area contributed by atoms with Gasteiger partial charge in [0.2, 0.25) is 0 Å². The quantitative estimate of drug-likeness (QED) is 0.759. The molecular formula is C14H28N4O. The molecule has 0 saturated heterocycles. The molecule has 1 unspecified atom stereocenters. The average Bonchev–Trinajstić information content (AvgIpc) is 2.64. The van der Waals surface area contributed by atoms with Crippen LogP contribution in [-0.2, 0) is 4.74 Å². The van der Waals surface area contributed by atoms with Crippen LogP contribution in [-0.4, -0.2) is 36.1 Å². The van der Waals surface area contributed by atoms with Crippen molar-refractivity contribution in [3.8, 4) is 0 Å². The molecule has 3 N–H and O–H groups in total. The van der Waals surface area contributed by atoms with Gasteiger partial charge in [-0.3, -0.25) is 4.68 Å². The number of nitrogens with zero attached hydrogens (tertiary/aromatic N) is 2. The van der Waals surface area contributed by atoms with Crippen LogP contribution < -0.4 is 11.1 Å².